The molecule has 0 aliphatic carbocycles. The number of benzene rings is 1. The lowest BCUT2D eigenvalue weighted by Gasteiger charge is -2.24. The largest absolute Gasteiger partial charge is 0.367 e. The number of halogens is 3. The van der Waals surface area contributed by atoms with Crippen molar-refractivity contribution in [3.8, 4) is 0 Å². The first-order valence-corrected chi connectivity index (χ1v) is 6.79. The van der Waals surface area contributed by atoms with E-state index in [4.69, 9.17) is 0 Å². The van der Waals surface area contributed by atoms with E-state index in [0.29, 0.717) is 23.3 Å². The summed E-state index contributed by atoms with van der Waals surface area (Å²) in [5, 5.41) is 0. The van der Waals surface area contributed by atoms with Gasteiger partial charge < -0.3 is 4.90 Å². The lowest BCUT2D eigenvalue weighted by Crippen LogP contribution is -2.21. The maximum Gasteiger partial charge on any atom is 0.159 e. The molecule has 1 aliphatic rings. The number of fused-ring (bicyclic) bond motifs is 1. The number of hydrogen-bond donors (Lipinski definition) is 0. The molecule has 1 aromatic heterocycles. The minimum atomic E-state index is -0.830. The molecule has 0 fully saturated rings. The average molecular weight is 338 g/mol. The average Bonchev–Trinajstić information content (AvgIpc) is 2.42. The molecule has 0 amide bonds. The van der Waals surface area contributed by atoms with Crippen molar-refractivity contribution in [1.82, 2.24) is 14.9 Å². The first kappa shape index (κ1) is 13.2. The monoisotopic (exact) mass is 337 g/mol. The fraction of sp³-hybridized carbons (Fsp3) is 0.143. The predicted octanol–water partition coefficient (Wildman–Crippen LogP) is 3.50. The Kier molecular flexibility index (Phi) is 3.48. The minimum Gasteiger partial charge on any atom is -0.367 e. The second-order valence-corrected chi connectivity index (χ2v) is 5.31. The van der Waals surface area contributed by atoms with Crippen LogP contribution in [0.4, 0.5) is 8.78 Å². The van der Waals surface area contributed by atoms with Crippen LogP contribution in [0.1, 0.15) is 17.0 Å². The molecule has 2 heterocycles. The van der Waals surface area contributed by atoms with Gasteiger partial charge in [-0.3, -0.25) is 4.98 Å². The summed E-state index contributed by atoms with van der Waals surface area (Å²) in [6.07, 6.45) is 5.39. The van der Waals surface area contributed by atoms with Crippen LogP contribution < -0.4 is 0 Å². The molecular weight excluding hydrogens is 328 g/mol. The molecule has 0 atom stereocenters. The van der Waals surface area contributed by atoms with Gasteiger partial charge in [-0.2, -0.15) is 0 Å². The van der Waals surface area contributed by atoms with Gasteiger partial charge >= 0.3 is 0 Å². The zero-order chi connectivity index (χ0) is 14.1. The summed E-state index contributed by atoms with van der Waals surface area (Å²) in [5.74, 6) is -1.66. The quantitative estimate of drug-likeness (QED) is 0.839. The van der Waals surface area contributed by atoms with E-state index in [2.05, 4.69) is 25.9 Å². The highest BCUT2D eigenvalue weighted by Crippen LogP contribution is 2.20. The van der Waals surface area contributed by atoms with Crippen LogP contribution in [0.3, 0.4) is 0 Å². The third kappa shape index (κ3) is 2.70. The van der Waals surface area contributed by atoms with Gasteiger partial charge in [0.15, 0.2) is 11.6 Å². The molecule has 3 rings (SSSR count). The van der Waals surface area contributed by atoms with Gasteiger partial charge in [-0.05, 0) is 39.7 Å². The van der Waals surface area contributed by atoms with E-state index < -0.39 is 11.6 Å². The molecule has 0 radical (unpaired) electrons. The van der Waals surface area contributed by atoms with Gasteiger partial charge in [0.25, 0.3) is 0 Å². The zero-order valence-electron chi connectivity index (χ0n) is 10.4. The van der Waals surface area contributed by atoms with E-state index in [1.807, 2.05) is 17.2 Å². The smallest absolute Gasteiger partial charge is 0.159 e. The van der Waals surface area contributed by atoms with Crippen LogP contribution >= 0.6 is 15.9 Å². The Hall–Kier alpha value is -1.82. The maximum absolute atomic E-state index is 13.2. The Morgan fingerprint density at radius 3 is 2.90 bits per heavy atom. The van der Waals surface area contributed by atoms with Crippen LogP contribution in [0.5, 0.6) is 0 Å². The summed E-state index contributed by atoms with van der Waals surface area (Å²) in [5.41, 5.74) is 2.39. The Morgan fingerprint density at radius 2 is 2.10 bits per heavy atom. The molecule has 0 unspecified atom stereocenters. The molecular formula is C14H10BrF2N3. The van der Waals surface area contributed by atoms with Crippen molar-refractivity contribution >= 4 is 22.0 Å². The molecule has 0 bridgehead atoms. The van der Waals surface area contributed by atoms with E-state index in [-0.39, 0.29) is 0 Å². The van der Waals surface area contributed by atoms with Crippen LogP contribution in [-0.4, -0.2) is 14.9 Å². The molecule has 6 heteroatoms. The summed E-state index contributed by atoms with van der Waals surface area (Å²) < 4.78 is 26.8. The normalized spacial score (nSPS) is 13.4. The summed E-state index contributed by atoms with van der Waals surface area (Å²) in [7, 11) is 0. The van der Waals surface area contributed by atoms with E-state index in [1.54, 1.807) is 12.3 Å². The van der Waals surface area contributed by atoms with Gasteiger partial charge in [0.2, 0.25) is 0 Å². The van der Waals surface area contributed by atoms with Gasteiger partial charge in [-0.15, -0.1) is 0 Å². The van der Waals surface area contributed by atoms with Crippen LogP contribution in [0.25, 0.3) is 6.08 Å². The molecule has 1 aliphatic heterocycles. The van der Waals surface area contributed by atoms with E-state index in [1.165, 1.54) is 6.07 Å². The second-order valence-electron chi connectivity index (χ2n) is 4.49. The van der Waals surface area contributed by atoms with Crippen molar-refractivity contribution in [2.45, 2.75) is 13.1 Å². The molecule has 0 saturated heterocycles. The molecule has 20 heavy (non-hydrogen) atoms. The Balaban J connectivity index is 1.79. The fourth-order valence-electron chi connectivity index (χ4n) is 2.07. The number of rotatable bonds is 2. The van der Waals surface area contributed by atoms with Crippen molar-refractivity contribution in [2.75, 3.05) is 0 Å². The second kappa shape index (κ2) is 5.28. The topological polar surface area (TPSA) is 29.0 Å². The number of hydrogen-bond acceptors (Lipinski definition) is 3. The molecule has 102 valence electrons. The number of aromatic nitrogens is 2. The van der Waals surface area contributed by atoms with E-state index in [0.717, 1.165) is 17.5 Å². The Morgan fingerprint density at radius 1 is 1.25 bits per heavy atom. The predicted molar refractivity (Wildman–Crippen MR) is 74.4 cm³/mol. The van der Waals surface area contributed by atoms with Crippen molar-refractivity contribution in [2.24, 2.45) is 0 Å². The molecule has 0 N–H and O–H groups in total. The van der Waals surface area contributed by atoms with Gasteiger partial charge in [0.05, 0.1) is 24.1 Å². The first-order chi connectivity index (χ1) is 9.61. The van der Waals surface area contributed by atoms with Crippen LogP contribution in [0, 0.1) is 11.6 Å². The van der Waals surface area contributed by atoms with Gasteiger partial charge in [0, 0.05) is 12.7 Å². The van der Waals surface area contributed by atoms with Gasteiger partial charge in [-0.25, -0.2) is 13.8 Å². The lowest BCUT2D eigenvalue weighted by atomic mass is 10.1. The number of nitrogens with zero attached hydrogens (tertiary/aromatic N) is 3. The van der Waals surface area contributed by atoms with Crippen LogP contribution in [-0.2, 0) is 13.1 Å². The maximum atomic E-state index is 13.2. The third-order valence-electron chi connectivity index (χ3n) is 3.01. The van der Waals surface area contributed by atoms with Crippen molar-refractivity contribution in [3.63, 3.8) is 0 Å². The van der Waals surface area contributed by atoms with Gasteiger partial charge in [-0.1, -0.05) is 6.07 Å². The molecule has 0 saturated carbocycles. The fourth-order valence-corrected chi connectivity index (χ4v) is 2.39. The summed E-state index contributed by atoms with van der Waals surface area (Å²) in [6, 6.07) is 3.93. The SMILES string of the molecule is Fc1ccc(CN2C=Cc3ncc(Br)nc3C2)cc1F. The zero-order valence-corrected chi connectivity index (χ0v) is 11.9. The van der Waals surface area contributed by atoms with Gasteiger partial charge in [0.1, 0.15) is 4.60 Å². The third-order valence-corrected chi connectivity index (χ3v) is 3.40. The summed E-state index contributed by atoms with van der Waals surface area (Å²) >= 11 is 3.29. The Labute approximate surface area is 123 Å². The van der Waals surface area contributed by atoms with Crippen LogP contribution in [0.15, 0.2) is 35.2 Å². The van der Waals surface area contributed by atoms with Crippen molar-refractivity contribution in [1.29, 1.82) is 0 Å². The van der Waals surface area contributed by atoms with E-state index >= 15 is 0 Å². The highest BCUT2D eigenvalue weighted by Gasteiger charge is 2.14. The standard InChI is InChI=1S/C14H10BrF2N3/c15-14-6-18-12-3-4-20(8-13(12)19-14)7-9-1-2-10(16)11(17)5-9/h1-6H,7-8H2. The van der Waals surface area contributed by atoms with Crippen molar-refractivity contribution < 1.29 is 8.78 Å². The van der Waals surface area contributed by atoms with Crippen molar-refractivity contribution in [3.05, 3.63) is 63.8 Å². The highest BCUT2D eigenvalue weighted by molar-refractivity contribution is 9.10. The lowest BCUT2D eigenvalue weighted by molar-refractivity contribution is 0.352. The molecule has 2 aromatic rings. The first-order valence-electron chi connectivity index (χ1n) is 5.99. The van der Waals surface area contributed by atoms with Crippen LogP contribution in [0.2, 0.25) is 0 Å². The summed E-state index contributed by atoms with van der Waals surface area (Å²) in [4.78, 5) is 10.6. The Bertz CT molecular complexity index is 688. The van der Waals surface area contributed by atoms with E-state index in [9.17, 15) is 8.78 Å². The minimum absolute atomic E-state index is 0.487. The highest BCUT2D eigenvalue weighted by atomic mass is 79.9. The summed E-state index contributed by atoms with van der Waals surface area (Å²) in [6.45, 7) is 1.07. The molecule has 1 aromatic carbocycles. The molecule has 0 spiro atoms. The molecule has 3 nitrogen and oxygen atoms in total.